The van der Waals surface area contributed by atoms with E-state index in [0.717, 1.165) is 37.4 Å². The third kappa shape index (κ3) is 4.70. The summed E-state index contributed by atoms with van der Waals surface area (Å²) in [5.41, 5.74) is 4.31. The number of thiocarbonyl (C=S) groups is 1. The van der Waals surface area contributed by atoms with Crippen LogP contribution in [0.15, 0.2) is 48.5 Å². The summed E-state index contributed by atoms with van der Waals surface area (Å²) in [5, 5.41) is 7.18. The Balaban J connectivity index is 1.35. The van der Waals surface area contributed by atoms with Crippen LogP contribution in [-0.4, -0.2) is 30.7 Å². The normalized spacial score (nSPS) is 17.5. The number of hydrogen-bond donors (Lipinski definition) is 2. The molecule has 2 aliphatic heterocycles. The molecule has 1 atom stereocenters. The van der Waals surface area contributed by atoms with E-state index in [1.807, 2.05) is 29.2 Å². The summed E-state index contributed by atoms with van der Waals surface area (Å²) in [7, 11) is 0. The maximum Gasteiger partial charge on any atom is 0.227 e. The molecule has 29 heavy (non-hydrogen) atoms. The summed E-state index contributed by atoms with van der Waals surface area (Å²) in [6, 6.07) is 16.7. The fourth-order valence-corrected chi connectivity index (χ4v) is 4.36. The summed E-state index contributed by atoms with van der Waals surface area (Å²) >= 11 is 5.52. The SMILES string of the molecule is CC(NC(=S)Nc1cccc(N2CCCC2=O)c1)c1ccc(N2CCCC2)cc1. The van der Waals surface area contributed by atoms with Gasteiger partial charge in [-0.2, -0.15) is 0 Å². The van der Waals surface area contributed by atoms with Crippen molar-refractivity contribution >= 4 is 40.3 Å². The summed E-state index contributed by atoms with van der Waals surface area (Å²) in [5.74, 6) is 0.189. The Morgan fingerprint density at radius 1 is 1.00 bits per heavy atom. The molecule has 2 aliphatic rings. The highest BCUT2D eigenvalue weighted by Gasteiger charge is 2.21. The first kappa shape index (κ1) is 19.7. The number of hydrogen-bond acceptors (Lipinski definition) is 3. The Kier molecular flexibility index (Phi) is 6.00. The zero-order chi connectivity index (χ0) is 20.2. The van der Waals surface area contributed by atoms with E-state index >= 15 is 0 Å². The van der Waals surface area contributed by atoms with Gasteiger partial charge in [0.05, 0.1) is 6.04 Å². The second-order valence-electron chi connectivity index (χ2n) is 7.81. The van der Waals surface area contributed by atoms with Gasteiger partial charge in [0.15, 0.2) is 5.11 Å². The van der Waals surface area contributed by atoms with Gasteiger partial charge in [0.2, 0.25) is 5.91 Å². The highest BCUT2D eigenvalue weighted by atomic mass is 32.1. The Hall–Kier alpha value is -2.60. The summed E-state index contributed by atoms with van der Waals surface area (Å²) in [4.78, 5) is 16.3. The molecule has 6 heteroatoms. The van der Waals surface area contributed by atoms with Gasteiger partial charge < -0.3 is 20.4 Å². The molecule has 2 saturated heterocycles. The van der Waals surface area contributed by atoms with E-state index in [2.05, 4.69) is 46.7 Å². The molecule has 2 N–H and O–H groups in total. The van der Waals surface area contributed by atoms with Gasteiger partial charge in [-0.1, -0.05) is 18.2 Å². The molecule has 2 aromatic carbocycles. The molecule has 0 aliphatic carbocycles. The summed E-state index contributed by atoms with van der Waals surface area (Å²) < 4.78 is 0. The van der Waals surface area contributed by atoms with Gasteiger partial charge in [0.25, 0.3) is 0 Å². The maximum atomic E-state index is 12.0. The highest BCUT2D eigenvalue weighted by molar-refractivity contribution is 7.80. The number of nitrogens with zero attached hydrogens (tertiary/aromatic N) is 2. The molecule has 4 rings (SSSR count). The van der Waals surface area contributed by atoms with Crippen molar-refractivity contribution in [2.75, 3.05) is 34.8 Å². The van der Waals surface area contributed by atoms with Crippen molar-refractivity contribution in [3.8, 4) is 0 Å². The van der Waals surface area contributed by atoms with Crippen molar-refractivity contribution in [1.29, 1.82) is 0 Å². The Morgan fingerprint density at radius 2 is 1.76 bits per heavy atom. The molecule has 0 saturated carbocycles. The fourth-order valence-electron chi connectivity index (χ4n) is 4.07. The predicted molar refractivity (Wildman–Crippen MR) is 124 cm³/mol. The van der Waals surface area contributed by atoms with Crippen molar-refractivity contribution < 1.29 is 4.79 Å². The maximum absolute atomic E-state index is 12.0. The largest absolute Gasteiger partial charge is 0.372 e. The number of amides is 1. The van der Waals surface area contributed by atoms with Gasteiger partial charge >= 0.3 is 0 Å². The van der Waals surface area contributed by atoms with Crippen LogP contribution in [0.25, 0.3) is 0 Å². The van der Waals surface area contributed by atoms with E-state index in [9.17, 15) is 4.79 Å². The van der Waals surface area contributed by atoms with Gasteiger partial charge in [-0.3, -0.25) is 4.79 Å². The zero-order valence-corrected chi connectivity index (χ0v) is 17.7. The van der Waals surface area contributed by atoms with Crippen LogP contribution >= 0.6 is 12.2 Å². The van der Waals surface area contributed by atoms with Gasteiger partial charge in [0.1, 0.15) is 0 Å². The molecule has 0 radical (unpaired) electrons. The molecule has 5 nitrogen and oxygen atoms in total. The number of carbonyl (C=O) groups is 1. The van der Waals surface area contributed by atoms with E-state index in [0.29, 0.717) is 11.5 Å². The molecule has 0 bridgehead atoms. The predicted octanol–water partition coefficient (Wildman–Crippen LogP) is 4.46. The molecule has 2 fully saturated rings. The minimum atomic E-state index is 0.103. The van der Waals surface area contributed by atoms with Crippen LogP contribution in [0.5, 0.6) is 0 Å². The standard InChI is InChI=1S/C23H28N4OS/c1-17(18-9-11-20(12-10-18)26-13-2-3-14-26)24-23(29)25-19-6-4-7-21(16-19)27-15-5-8-22(27)28/h4,6-7,9-12,16-17H,2-3,5,8,13-15H2,1H3,(H2,24,25,29). The summed E-state index contributed by atoms with van der Waals surface area (Å²) in [6.45, 7) is 5.21. The van der Waals surface area contributed by atoms with Gasteiger partial charge in [-0.15, -0.1) is 0 Å². The van der Waals surface area contributed by atoms with Crippen molar-refractivity contribution in [3.63, 3.8) is 0 Å². The Bertz CT molecular complexity index is 877. The Morgan fingerprint density at radius 3 is 2.45 bits per heavy atom. The number of anilines is 3. The average molecular weight is 409 g/mol. The number of benzene rings is 2. The van der Waals surface area contributed by atoms with Crippen LogP contribution in [0.4, 0.5) is 17.1 Å². The molecule has 0 spiro atoms. The lowest BCUT2D eigenvalue weighted by Crippen LogP contribution is -2.31. The first-order chi connectivity index (χ1) is 14.1. The summed E-state index contributed by atoms with van der Waals surface area (Å²) in [6.07, 6.45) is 4.12. The smallest absolute Gasteiger partial charge is 0.227 e. The average Bonchev–Trinajstić information content (AvgIpc) is 3.40. The fraction of sp³-hybridized carbons (Fsp3) is 0.391. The van der Waals surface area contributed by atoms with E-state index in [1.165, 1.54) is 24.1 Å². The van der Waals surface area contributed by atoms with Crippen molar-refractivity contribution in [1.82, 2.24) is 5.32 Å². The monoisotopic (exact) mass is 408 g/mol. The van der Waals surface area contributed by atoms with Crippen LogP contribution in [0, 0.1) is 0 Å². The van der Waals surface area contributed by atoms with E-state index < -0.39 is 0 Å². The number of rotatable bonds is 5. The van der Waals surface area contributed by atoms with Crippen molar-refractivity contribution in [2.45, 2.75) is 38.6 Å². The van der Waals surface area contributed by atoms with Crippen LogP contribution in [0.3, 0.4) is 0 Å². The zero-order valence-electron chi connectivity index (χ0n) is 16.9. The molecule has 152 valence electrons. The van der Waals surface area contributed by atoms with E-state index in [1.54, 1.807) is 0 Å². The molecule has 1 unspecified atom stereocenters. The lowest BCUT2D eigenvalue weighted by molar-refractivity contribution is -0.117. The molecular weight excluding hydrogens is 380 g/mol. The molecule has 1 amide bonds. The molecule has 2 heterocycles. The molecule has 2 aromatic rings. The lowest BCUT2D eigenvalue weighted by atomic mass is 10.1. The highest BCUT2D eigenvalue weighted by Crippen LogP contribution is 2.25. The van der Waals surface area contributed by atoms with Crippen molar-refractivity contribution in [2.24, 2.45) is 0 Å². The van der Waals surface area contributed by atoms with Gasteiger partial charge in [0, 0.05) is 43.1 Å². The molecular formula is C23H28N4OS. The minimum Gasteiger partial charge on any atom is -0.372 e. The quantitative estimate of drug-likeness (QED) is 0.715. The second kappa shape index (κ2) is 8.82. The van der Waals surface area contributed by atoms with Gasteiger partial charge in [-0.25, -0.2) is 0 Å². The minimum absolute atomic E-state index is 0.103. The molecule has 0 aromatic heterocycles. The third-order valence-corrected chi connectivity index (χ3v) is 5.92. The topological polar surface area (TPSA) is 47.6 Å². The van der Waals surface area contributed by atoms with Crippen LogP contribution in [0.1, 0.15) is 44.2 Å². The van der Waals surface area contributed by atoms with Gasteiger partial charge in [-0.05, 0) is 74.3 Å². The van der Waals surface area contributed by atoms with Crippen LogP contribution in [-0.2, 0) is 4.79 Å². The van der Waals surface area contributed by atoms with E-state index in [4.69, 9.17) is 12.2 Å². The number of carbonyl (C=O) groups excluding carboxylic acids is 1. The first-order valence-corrected chi connectivity index (χ1v) is 10.8. The third-order valence-electron chi connectivity index (χ3n) is 5.70. The van der Waals surface area contributed by atoms with E-state index in [-0.39, 0.29) is 11.9 Å². The first-order valence-electron chi connectivity index (χ1n) is 10.4. The lowest BCUT2D eigenvalue weighted by Gasteiger charge is -2.21. The Labute approximate surface area is 178 Å². The van der Waals surface area contributed by atoms with Crippen LogP contribution < -0.4 is 20.4 Å². The van der Waals surface area contributed by atoms with Crippen molar-refractivity contribution in [3.05, 3.63) is 54.1 Å². The van der Waals surface area contributed by atoms with Crippen LogP contribution in [0.2, 0.25) is 0 Å². The number of nitrogens with one attached hydrogen (secondary N) is 2. The second-order valence-corrected chi connectivity index (χ2v) is 8.21.